The van der Waals surface area contributed by atoms with Gasteiger partial charge in [0.15, 0.2) is 0 Å². The SMILES string of the molecule is O=[N+]([O-])c1ccc(CCCC(Cl)C2CC2)cc1. The summed E-state index contributed by atoms with van der Waals surface area (Å²) in [7, 11) is 0. The van der Waals surface area contributed by atoms with Crippen LogP contribution in [0, 0.1) is 16.0 Å². The minimum atomic E-state index is -0.369. The Morgan fingerprint density at radius 1 is 1.35 bits per heavy atom. The van der Waals surface area contributed by atoms with E-state index in [1.54, 1.807) is 12.1 Å². The molecule has 1 fully saturated rings. The fourth-order valence-electron chi connectivity index (χ4n) is 1.98. The highest BCUT2D eigenvalue weighted by atomic mass is 35.5. The Morgan fingerprint density at radius 2 is 2.00 bits per heavy atom. The summed E-state index contributed by atoms with van der Waals surface area (Å²) >= 11 is 6.22. The van der Waals surface area contributed by atoms with Crippen molar-refractivity contribution >= 4 is 17.3 Å². The monoisotopic (exact) mass is 253 g/mol. The number of nitro benzene ring substituents is 1. The van der Waals surface area contributed by atoms with Gasteiger partial charge in [0.2, 0.25) is 0 Å². The zero-order valence-electron chi connectivity index (χ0n) is 9.64. The number of nitro groups is 1. The molecule has 0 aliphatic heterocycles. The van der Waals surface area contributed by atoms with Crippen molar-refractivity contribution in [1.82, 2.24) is 0 Å². The molecule has 1 aromatic carbocycles. The van der Waals surface area contributed by atoms with Gasteiger partial charge < -0.3 is 0 Å². The quantitative estimate of drug-likeness (QED) is 0.438. The van der Waals surface area contributed by atoms with Crippen LogP contribution in [0.2, 0.25) is 0 Å². The third-order valence-corrected chi connectivity index (χ3v) is 3.80. The van der Waals surface area contributed by atoms with E-state index in [-0.39, 0.29) is 10.6 Å². The molecule has 2 rings (SSSR count). The van der Waals surface area contributed by atoms with E-state index in [1.807, 2.05) is 12.1 Å². The Balaban J connectivity index is 1.76. The summed E-state index contributed by atoms with van der Waals surface area (Å²) in [6, 6.07) is 6.79. The number of alkyl halides is 1. The standard InChI is InChI=1S/C13H16ClNO2/c14-13(11-6-7-11)3-1-2-10-4-8-12(9-5-10)15(16)17/h4-5,8-9,11,13H,1-3,6-7H2. The molecule has 0 bridgehead atoms. The molecule has 92 valence electrons. The Labute approximate surface area is 106 Å². The highest BCUT2D eigenvalue weighted by molar-refractivity contribution is 6.20. The van der Waals surface area contributed by atoms with Gasteiger partial charge in [-0.2, -0.15) is 0 Å². The van der Waals surface area contributed by atoms with E-state index in [9.17, 15) is 10.1 Å². The van der Waals surface area contributed by atoms with Crippen LogP contribution in [0.3, 0.4) is 0 Å². The van der Waals surface area contributed by atoms with Crippen molar-refractivity contribution in [3.63, 3.8) is 0 Å². The van der Waals surface area contributed by atoms with Crippen molar-refractivity contribution in [3.05, 3.63) is 39.9 Å². The Hall–Kier alpha value is -1.09. The minimum absolute atomic E-state index is 0.155. The summed E-state index contributed by atoms with van der Waals surface area (Å²) in [6.45, 7) is 0. The Kier molecular flexibility index (Phi) is 4.00. The first-order valence-corrected chi connectivity index (χ1v) is 6.48. The molecule has 4 heteroatoms. The van der Waals surface area contributed by atoms with Crippen LogP contribution in [0.15, 0.2) is 24.3 Å². The smallest absolute Gasteiger partial charge is 0.258 e. The van der Waals surface area contributed by atoms with E-state index in [0.29, 0.717) is 5.38 Å². The molecule has 0 heterocycles. The molecular formula is C13H16ClNO2. The average Bonchev–Trinajstić information content (AvgIpc) is 3.13. The number of benzene rings is 1. The predicted octanol–water partition coefficient (Wildman–Crippen LogP) is 3.93. The first-order valence-electron chi connectivity index (χ1n) is 6.04. The van der Waals surface area contributed by atoms with Gasteiger partial charge in [-0.1, -0.05) is 12.1 Å². The maximum Gasteiger partial charge on any atom is 0.269 e. The van der Waals surface area contributed by atoms with Crippen LogP contribution in [0.4, 0.5) is 5.69 Å². The molecule has 1 unspecified atom stereocenters. The van der Waals surface area contributed by atoms with Gasteiger partial charge in [-0.25, -0.2) is 0 Å². The summed E-state index contributed by atoms with van der Waals surface area (Å²) in [5.74, 6) is 0.744. The zero-order valence-corrected chi connectivity index (χ0v) is 10.4. The maximum absolute atomic E-state index is 10.5. The second-order valence-corrected chi connectivity index (χ2v) is 5.23. The van der Waals surface area contributed by atoms with Crippen LogP contribution >= 0.6 is 11.6 Å². The molecule has 0 amide bonds. The number of halogens is 1. The van der Waals surface area contributed by atoms with Crippen LogP contribution in [-0.2, 0) is 6.42 Å². The molecule has 3 nitrogen and oxygen atoms in total. The molecule has 1 aliphatic carbocycles. The summed E-state index contributed by atoms with van der Waals surface area (Å²) in [5, 5.41) is 10.8. The zero-order chi connectivity index (χ0) is 12.3. The Morgan fingerprint density at radius 3 is 2.53 bits per heavy atom. The topological polar surface area (TPSA) is 43.1 Å². The fraction of sp³-hybridized carbons (Fsp3) is 0.538. The minimum Gasteiger partial charge on any atom is -0.258 e. The summed E-state index contributed by atoms with van der Waals surface area (Å²) in [4.78, 5) is 10.1. The van der Waals surface area contributed by atoms with Gasteiger partial charge in [0.25, 0.3) is 5.69 Å². The summed E-state index contributed by atoms with van der Waals surface area (Å²) < 4.78 is 0. The number of hydrogen-bond donors (Lipinski definition) is 0. The predicted molar refractivity (Wildman–Crippen MR) is 68.4 cm³/mol. The van der Waals surface area contributed by atoms with Crippen molar-refractivity contribution in [1.29, 1.82) is 0 Å². The van der Waals surface area contributed by atoms with Gasteiger partial charge >= 0.3 is 0 Å². The summed E-state index contributed by atoms with van der Waals surface area (Å²) in [6.07, 6.45) is 5.62. The molecule has 0 saturated heterocycles. The van der Waals surface area contributed by atoms with Gasteiger partial charge in [-0.3, -0.25) is 10.1 Å². The largest absolute Gasteiger partial charge is 0.269 e. The number of rotatable bonds is 6. The van der Waals surface area contributed by atoms with Crippen molar-refractivity contribution < 1.29 is 4.92 Å². The first-order chi connectivity index (χ1) is 8.16. The first kappa shape index (κ1) is 12.4. The number of non-ortho nitro benzene ring substituents is 1. The molecule has 1 aliphatic rings. The van der Waals surface area contributed by atoms with E-state index in [4.69, 9.17) is 11.6 Å². The van der Waals surface area contributed by atoms with Crippen LogP contribution < -0.4 is 0 Å². The second-order valence-electron chi connectivity index (χ2n) is 4.67. The molecule has 0 aromatic heterocycles. The van der Waals surface area contributed by atoms with Crippen molar-refractivity contribution in [2.75, 3.05) is 0 Å². The Bertz CT molecular complexity index is 387. The lowest BCUT2D eigenvalue weighted by Gasteiger charge is -2.07. The molecule has 1 saturated carbocycles. The lowest BCUT2D eigenvalue weighted by Crippen LogP contribution is -2.01. The van der Waals surface area contributed by atoms with Crippen molar-refractivity contribution in [2.45, 2.75) is 37.5 Å². The maximum atomic E-state index is 10.5. The average molecular weight is 254 g/mol. The van der Waals surface area contributed by atoms with E-state index >= 15 is 0 Å². The van der Waals surface area contributed by atoms with Crippen LogP contribution in [-0.4, -0.2) is 10.3 Å². The molecule has 1 aromatic rings. The molecule has 17 heavy (non-hydrogen) atoms. The van der Waals surface area contributed by atoms with Gasteiger partial charge in [0, 0.05) is 17.5 Å². The normalized spacial score (nSPS) is 16.8. The van der Waals surface area contributed by atoms with E-state index in [1.165, 1.54) is 12.8 Å². The van der Waals surface area contributed by atoms with Crippen LogP contribution in [0.5, 0.6) is 0 Å². The van der Waals surface area contributed by atoms with Gasteiger partial charge in [-0.15, -0.1) is 11.6 Å². The highest BCUT2D eigenvalue weighted by Gasteiger charge is 2.28. The third-order valence-electron chi connectivity index (χ3n) is 3.23. The fourth-order valence-corrected chi connectivity index (χ4v) is 2.39. The van der Waals surface area contributed by atoms with Crippen molar-refractivity contribution in [3.8, 4) is 0 Å². The van der Waals surface area contributed by atoms with Gasteiger partial charge in [-0.05, 0) is 43.6 Å². The lowest BCUT2D eigenvalue weighted by molar-refractivity contribution is -0.384. The molecule has 0 spiro atoms. The van der Waals surface area contributed by atoms with E-state index < -0.39 is 0 Å². The number of aryl methyl sites for hydroxylation is 1. The van der Waals surface area contributed by atoms with Crippen LogP contribution in [0.25, 0.3) is 0 Å². The van der Waals surface area contributed by atoms with Gasteiger partial charge in [0.05, 0.1) is 4.92 Å². The summed E-state index contributed by atoms with van der Waals surface area (Å²) in [5.41, 5.74) is 1.30. The van der Waals surface area contributed by atoms with Crippen LogP contribution in [0.1, 0.15) is 31.2 Å². The van der Waals surface area contributed by atoms with Gasteiger partial charge in [0.1, 0.15) is 0 Å². The second kappa shape index (κ2) is 5.50. The molecule has 0 N–H and O–H groups in total. The third kappa shape index (κ3) is 3.70. The molecule has 1 atom stereocenters. The lowest BCUT2D eigenvalue weighted by atomic mass is 10.1. The molecule has 0 radical (unpaired) electrons. The number of hydrogen-bond acceptors (Lipinski definition) is 2. The van der Waals surface area contributed by atoms with E-state index in [2.05, 4.69) is 0 Å². The van der Waals surface area contributed by atoms with Crippen molar-refractivity contribution in [2.24, 2.45) is 5.92 Å². The number of nitrogens with zero attached hydrogens (tertiary/aromatic N) is 1. The highest BCUT2D eigenvalue weighted by Crippen LogP contribution is 2.37. The van der Waals surface area contributed by atoms with E-state index in [0.717, 1.165) is 30.7 Å². The molecular weight excluding hydrogens is 238 g/mol.